The molecule has 3 amide bonds. The molecule has 0 spiro atoms. The van der Waals surface area contributed by atoms with Crippen molar-refractivity contribution in [3.63, 3.8) is 0 Å². The first-order chi connectivity index (χ1) is 9.06. The van der Waals surface area contributed by atoms with Crippen molar-refractivity contribution in [2.45, 2.75) is 6.92 Å². The Bertz CT molecular complexity index is 578. The lowest BCUT2D eigenvalue weighted by Gasteiger charge is -2.12. The molecule has 0 bridgehead atoms. The minimum Gasteiger partial charge on any atom is -0.496 e. The number of methoxy groups -OCH3 is 2. The average molecular weight is 262 g/mol. The fraction of sp³-hybridized carbons (Fsp3) is 0.231. The molecule has 0 aliphatic carbocycles. The summed E-state index contributed by atoms with van der Waals surface area (Å²) in [5, 5.41) is 4.57. The lowest BCUT2D eigenvalue weighted by molar-refractivity contribution is -0.115. The fourth-order valence-corrected chi connectivity index (χ4v) is 1.94. The highest BCUT2D eigenvalue weighted by Gasteiger charge is 2.23. The zero-order valence-corrected chi connectivity index (χ0v) is 10.9. The first-order valence-electron chi connectivity index (χ1n) is 5.62. The lowest BCUT2D eigenvalue weighted by Crippen LogP contribution is -2.22. The summed E-state index contributed by atoms with van der Waals surface area (Å²) < 4.78 is 10.5. The normalized spacial score (nSPS) is 16.3. The van der Waals surface area contributed by atoms with Crippen molar-refractivity contribution in [2.24, 2.45) is 0 Å². The zero-order valence-electron chi connectivity index (χ0n) is 10.9. The standard InChI is InChI=1S/C13H14N2O4/c1-7-10(18-2)5-4-8(11(7)19-3)6-9-12(16)15-13(17)14-9/h4-6H,1-3H3,(H2,14,15,16,17)/b9-6-. The van der Waals surface area contributed by atoms with Crippen molar-refractivity contribution >= 4 is 18.0 Å². The molecule has 0 unspecified atom stereocenters. The van der Waals surface area contributed by atoms with Crippen molar-refractivity contribution in [3.05, 3.63) is 29.0 Å². The number of hydrogen-bond donors (Lipinski definition) is 2. The summed E-state index contributed by atoms with van der Waals surface area (Å²) in [5.74, 6) is 0.834. The molecule has 1 aliphatic rings. The van der Waals surface area contributed by atoms with Crippen molar-refractivity contribution in [3.8, 4) is 11.5 Å². The van der Waals surface area contributed by atoms with Gasteiger partial charge in [-0.3, -0.25) is 10.1 Å². The summed E-state index contributed by atoms with van der Waals surface area (Å²) in [4.78, 5) is 22.5. The third-order valence-electron chi connectivity index (χ3n) is 2.83. The van der Waals surface area contributed by atoms with Crippen molar-refractivity contribution in [2.75, 3.05) is 14.2 Å². The van der Waals surface area contributed by atoms with Crippen molar-refractivity contribution in [1.82, 2.24) is 10.6 Å². The Kier molecular flexibility index (Phi) is 3.41. The Labute approximate surface area is 110 Å². The van der Waals surface area contributed by atoms with E-state index in [4.69, 9.17) is 9.47 Å². The molecule has 1 aliphatic heterocycles. The summed E-state index contributed by atoms with van der Waals surface area (Å²) >= 11 is 0. The van der Waals surface area contributed by atoms with Gasteiger partial charge in [0.2, 0.25) is 0 Å². The Morgan fingerprint density at radius 1 is 1.11 bits per heavy atom. The number of nitrogens with one attached hydrogen (secondary N) is 2. The van der Waals surface area contributed by atoms with E-state index in [2.05, 4.69) is 10.6 Å². The second kappa shape index (κ2) is 5.01. The van der Waals surface area contributed by atoms with Gasteiger partial charge < -0.3 is 14.8 Å². The van der Waals surface area contributed by atoms with Gasteiger partial charge in [0.05, 0.1) is 14.2 Å². The predicted molar refractivity (Wildman–Crippen MR) is 68.9 cm³/mol. The summed E-state index contributed by atoms with van der Waals surface area (Å²) in [6.45, 7) is 1.85. The molecule has 1 aromatic carbocycles. The van der Waals surface area contributed by atoms with Crippen LogP contribution in [0.1, 0.15) is 11.1 Å². The molecule has 1 fully saturated rings. The van der Waals surface area contributed by atoms with Crippen LogP contribution in [0.15, 0.2) is 17.8 Å². The van der Waals surface area contributed by atoms with E-state index in [1.165, 1.54) is 7.11 Å². The maximum absolute atomic E-state index is 11.5. The number of benzene rings is 1. The van der Waals surface area contributed by atoms with Gasteiger partial charge in [-0.2, -0.15) is 0 Å². The van der Waals surface area contributed by atoms with Gasteiger partial charge in [-0.25, -0.2) is 4.79 Å². The van der Waals surface area contributed by atoms with Crippen LogP contribution in [0, 0.1) is 6.92 Å². The van der Waals surface area contributed by atoms with Gasteiger partial charge >= 0.3 is 6.03 Å². The minimum absolute atomic E-state index is 0.188. The van der Waals surface area contributed by atoms with Crippen LogP contribution in [-0.4, -0.2) is 26.2 Å². The third-order valence-corrected chi connectivity index (χ3v) is 2.83. The molecule has 1 heterocycles. The number of rotatable bonds is 3. The first-order valence-corrected chi connectivity index (χ1v) is 5.62. The van der Waals surface area contributed by atoms with E-state index in [9.17, 15) is 9.59 Å². The van der Waals surface area contributed by atoms with Gasteiger partial charge in [-0.15, -0.1) is 0 Å². The second-order valence-electron chi connectivity index (χ2n) is 3.98. The number of amides is 3. The quantitative estimate of drug-likeness (QED) is 0.633. The molecule has 1 saturated heterocycles. The van der Waals surface area contributed by atoms with Gasteiger partial charge in [0.25, 0.3) is 5.91 Å². The van der Waals surface area contributed by atoms with Crippen LogP contribution >= 0.6 is 0 Å². The summed E-state index contributed by atoms with van der Waals surface area (Å²) in [6, 6.07) is 3.01. The van der Waals surface area contributed by atoms with E-state index >= 15 is 0 Å². The highest BCUT2D eigenvalue weighted by Crippen LogP contribution is 2.32. The monoisotopic (exact) mass is 262 g/mol. The smallest absolute Gasteiger partial charge is 0.326 e. The highest BCUT2D eigenvalue weighted by molar-refractivity contribution is 6.14. The summed E-state index contributed by atoms with van der Waals surface area (Å²) in [6.07, 6.45) is 1.56. The first kappa shape index (κ1) is 12.9. The second-order valence-corrected chi connectivity index (χ2v) is 3.98. The Hall–Kier alpha value is -2.50. The highest BCUT2D eigenvalue weighted by atomic mass is 16.5. The van der Waals surface area contributed by atoms with Crippen LogP contribution in [0.3, 0.4) is 0 Å². The Morgan fingerprint density at radius 3 is 2.37 bits per heavy atom. The largest absolute Gasteiger partial charge is 0.496 e. The van der Waals surface area contributed by atoms with Crippen molar-refractivity contribution in [1.29, 1.82) is 0 Å². The van der Waals surface area contributed by atoms with Crippen LogP contribution < -0.4 is 20.1 Å². The predicted octanol–water partition coefficient (Wildman–Crippen LogP) is 1.19. The molecule has 6 heteroatoms. The topological polar surface area (TPSA) is 76.7 Å². The van der Waals surface area contributed by atoms with Gasteiger partial charge in [-0.1, -0.05) is 0 Å². The number of ether oxygens (including phenoxy) is 2. The molecule has 0 radical (unpaired) electrons. The van der Waals surface area contributed by atoms with Crippen LogP contribution in [0.25, 0.3) is 6.08 Å². The lowest BCUT2D eigenvalue weighted by atomic mass is 10.1. The molecule has 19 heavy (non-hydrogen) atoms. The summed E-state index contributed by atoms with van der Waals surface area (Å²) in [5.41, 5.74) is 1.70. The molecule has 100 valence electrons. The molecular weight excluding hydrogens is 248 g/mol. The molecular formula is C13H14N2O4. The van der Waals surface area contributed by atoms with Gasteiger partial charge in [-0.05, 0) is 25.1 Å². The maximum Gasteiger partial charge on any atom is 0.326 e. The number of urea groups is 1. The van der Waals surface area contributed by atoms with Crippen LogP contribution in [0.4, 0.5) is 4.79 Å². The summed E-state index contributed by atoms with van der Waals surface area (Å²) in [7, 11) is 3.11. The van der Waals surface area contributed by atoms with E-state index < -0.39 is 11.9 Å². The number of carbonyl (C=O) groups is 2. The molecule has 1 aromatic rings. The Morgan fingerprint density at radius 2 is 1.84 bits per heavy atom. The molecule has 0 saturated carbocycles. The van der Waals surface area contributed by atoms with E-state index in [-0.39, 0.29) is 5.70 Å². The van der Waals surface area contributed by atoms with E-state index in [1.54, 1.807) is 25.3 Å². The van der Waals surface area contributed by atoms with Crippen LogP contribution in [-0.2, 0) is 4.79 Å². The number of imide groups is 1. The number of carbonyl (C=O) groups excluding carboxylic acids is 2. The maximum atomic E-state index is 11.5. The third kappa shape index (κ3) is 2.37. The van der Waals surface area contributed by atoms with Gasteiger partial charge in [0.15, 0.2) is 0 Å². The van der Waals surface area contributed by atoms with Crippen LogP contribution in [0.5, 0.6) is 11.5 Å². The van der Waals surface area contributed by atoms with Gasteiger partial charge in [0, 0.05) is 11.1 Å². The van der Waals surface area contributed by atoms with E-state index in [1.807, 2.05) is 6.92 Å². The van der Waals surface area contributed by atoms with E-state index in [0.717, 1.165) is 5.56 Å². The molecule has 6 nitrogen and oxygen atoms in total. The molecule has 2 rings (SSSR count). The average Bonchev–Trinajstić information content (AvgIpc) is 2.68. The molecule has 0 aromatic heterocycles. The number of hydrogen-bond acceptors (Lipinski definition) is 4. The molecule has 2 N–H and O–H groups in total. The SMILES string of the molecule is COc1ccc(/C=C2\NC(=O)NC2=O)c(OC)c1C. The van der Waals surface area contributed by atoms with Crippen LogP contribution in [0.2, 0.25) is 0 Å². The minimum atomic E-state index is -0.527. The van der Waals surface area contributed by atoms with Gasteiger partial charge in [0.1, 0.15) is 17.2 Å². The fourth-order valence-electron chi connectivity index (χ4n) is 1.94. The van der Waals surface area contributed by atoms with Crippen molar-refractivity contribution < 1.29 is 19.1 Å². The Balaban J connectivity index is 2.46. The molecule has 0 atom stereocenters. The zero-order chi connectivity index (χ0) is 14.0. The van der Waals surface area contributed by atoms with E-state index in [0.29, 0.717) is 17.1 Å².